The SMILES string of the molecule is CCNC(CCC(C)C)CSc1ccc(Cl)cc1. The molecule has 0 aliphatic heterocycles. The molecule has 1 unspecified atom stereocenters. The Labute approximate surface area is 121 Å². The van der Waals surface area contributed by atoms with E-state index in [9.17, 15) is 0 Å². The first-order valence-electron chi connectivity index (χ1n) is 6.73. The highest BCUT2D eigenvalue weighted by molar-refractivity contribution is 7.99. The molecule has 0 spiro atoms. The van der Waals surface area contributed by atoms with Crippen LogP contribution in [-0.2, 0) is 0 Å². The molecule has 1 nitrogen and oxygen atoms in total. The lowest BCUT2D eigenvalue weighted by Gasteiger charge is -2.18. The molecule has 0 saturated heterocycles. The lowest BCUT2D eigenvalue weighted by molar-refractivity contribution is 0.464. The van der Waals surface area contributed by atoms with Crippen LogP contribution in [0.3, 0.4) is 0 Å². The number of hydrogen-bond acceptors (Lipinski definition) is 2. The van der Waals surface area contributed by atoms with Crippen LogP contribution >= 0.6 is 23.4 Å². The lowest BCUT2D eigenvalue weighted by atomic mass is 10.0. The predicted molar refractivity (Wildman–Crippen MR) is 83.7 cm³/mol. The van der Waals surface area contributed by atoms with Crippen molar-refractivity contribution in [2.75, 3.05) is 12.3 Å². The number of thioether (sulfide) groups is 1. The molecule has 0 aliphatic carbocycles. The molecule has 0 saturated carbocycles. The van der Waals surface area contributed by atoms with Crippen LogP contribution in [0.5, 0.6) is 0 Å². The quantitative estimate of drug-likeness (QED) is 0.686. The van der Waals surface area contributed by atoms with E-state index in [1.54, 1.807) is 0 Å². The van der Waals surface area contributed by atoms with E-state index in [1.165, 1.54) is 17.7 Å². The summed E-state index contributed by atoms with van der Waals surface area (Å²) in [5.41, 5.74) is 0. The average Bonchev–Trinajstić information content (AvgIpc) is 2.34. The minimum atomic E-state index is 0.609. The van der Waals surface area contributed by atoms with Crippen LogP contribution in [0.25, 0.3) is 0 Å². The van der Waals surface area contributed by atoms with Gasteiger partial charge in [-0.05, 0) is 49.6 Å². The van der Waals surface area contributed by atoms with Gasteiger partial charge in [-0.2, -0.15) is 0 Å². The Morgan fingerprint density at radius 2 is 1.83 bits per heavy atom. The second kappa shape index (κ2) is 8.84. The topological polar surface area (TPSA) is 12.0 Å². The highest BCUT2D eigenvalue weighted by atomic mass is 35.5. The van der Waals surface area contributed by atoms with Crippen molar-refractivity contribution in [2.45, 2.75) is 44.6 Å². The largest absolute Gasteiger partial charge is 0.313 e. The number of rotatable bonds is 8. The molecule has 1 atom stereocenters. The molecular formula is C15H24ClNS. The van der Waals surface area contributed by atoms with Gasteiger partial charge in [0.25, 0.3) is 0 Å². The minimum absolute atomic E-state index is 0.609. The normalized spacial score (nSPS) is 12.9. The summed E-state index contributed by atoms with van der Waals surface area (Å²) >= 11 is 7.79. The van der Waals surface area contributed by atoms with Gasteiger partial charge in [-0.15, -0.1) is 11.8 Å². The van der Waals surface area contributed by atoms with Gasteiger partial charge in [-0.3, -0.25) is 0 Å². The molecule has 0 bridgehead atoms. The summed E-state index contributed by atoms with van der Waals surface area (Å²) in [6.45, 7) is 7.80. The second-order valence-corrected chi connectivity index (χ2v) is 6.52. The fourth-order valence-electron chi connectivity index (χ4n) is 1.80. The molecule has 1 N–H and O–H groups in total. The predicted octanol–water partition coefficient (Wildman–Crippen LogP) is 4.85. The number of nitrogens with one attached hydrogen (secondary N) is 1. The standard InChI is InChI=1S/C15H24ClNS/c1-4-17-14(8-5-12(2)3)11-18-15-9-6-13(16)7-10-15/h6-7,9-10,12,14,17H,4-5,8,11H2,1-3H3. The van der Waals surface area contributed by atoms with Gasteiger partial charge in [0.2, 0.25) is 0 Å². The highest BCUT2D eigenvalue weighted by Gasteiger charge is 2.09. The van der Waals surface area contributed by atoms with Crippen LogP contribution in [-0.4, -0.2) is 18.3 Å². The summed E-state index contributed by atoms with van der Waals surface area (Å²) in [7, 11) is 0. The van der Waals surface area contributed by atoms with E-state index in [1.807, 2.05) is 23.9 Å². The molecule has 0 heterocycles. The Hall–Kier alpha value is -0.180. The van der Waals surface area contributed by atoms with Gasteiger partial charge in [-0.1, -0.05) is 32.4 Å². The fourth-order valence-corrected chi connectivity index (χ4v) is 2.93. The zero-order valence-electron chi connectivity index (χ0n) is 11.6. The third kappa shape index (κ3) is 6.67. The van der Waals surface area contributed by atoms with Crippen molar-refractivity contribution in [3.05, 3.63) is 29.3 Å². The van der Waals surface area contributed by atoms with Crippen LogP contribution in [0.15, 0.2) is 29.2 Å². The van der Waals surface area contributed by atoms with E-state index in [2.05, 4.69) is 38.2 Å². The molecule has 3 heteroatoms. The maximum atomic E-state index is 5.89. The molecule has 1 rings (SSSR count). The van der Waals surface area contributed by atoms with Gasteiger partial charge < -0.3 is 5.32 Å². The third-order valence-corrected chi connectivity index (χ3v) is 4.28. The lowest BCUT2D eigenvalue weighted by Crippen LogP contribution is -2.31. The van der Waals surface area contributed by atoms with E-state index < -0.39 is 0 Å². The molecule has 0 fully saturated rings. The van der Waals surface area contributed by atoms with Crippen LogP contribution in [0.2, 0.25) is 5.02 Å². The van der Waals surface area contributed by atoms with E-state index in [-0.39, 0.29) is 0 Å². The van der Waals surface area contributed by atoms with E-state index in [0.29, 0.717) is 6.04 Å². The Bertz CT molecular complexity index is 324. The number of benzene rings is 1. The molecule has 1 aromatic rings. The number of halogens is 1. The van der Waals surface area contributed by atoms with E-state index in [0.717, 1.165) is 23.2 Å². The minimum Gasteiger partial charge on any atom is -0.313 e. The summed E-state index contributed by atoms with van der Waals surface area (Å²) in [5, 5.41) is 4.38. The first-order valence-corrected chi connectivity index (χ1v) is 8.10. The van der Waals surface area contributed by atoms with Crippen molar-refractivity contribution in [3.8, 4) is 0 Å². The summed E-state index contributed by atoms with van der Waals surface area (Å²) in [6.07, 6.45) is 2.55. The first-order chi connectivity index (χ1) is 8.61. The zero-order valence-corrected chi connectivity index (χ0v) is 13.2. The summed E-state index contributed by atoms with van der Waals surface area (Å²) < 4.78 is 0. The van der Waals surface area contributed by atoms with E-state index in [4.69, 9.17) is 11.6 Å². The van der Waals surface area contributed by atoms with Crippen molar-refractivity contribution in [2.24, 2.45) is 5.92 Å². The van der Waals surface area contributed by atoms with Gasteiger partial charge in [-0.25, -0.2) is 0 Å². The van der Waals surface area contributed by atoms with Gasteiger partial charge >= 0.3 is 0 Å². The van der Waals surface area contributed by atoms with Crippen LogP contribution < -0.4 is 5.32 Å². The summed E-state index contributed by atoms with van der Waals surface area (Å²) in [5.74, 6) is 1.91. The van der Waals surface area contributed by atoms with Crippen LogP contribution in [0.4, 0.5) is 0 Å². The van der Waals surface area contributed by atoms with Gasteiger partial charge in [0.05, 0.1) is 0 Å². The summed E-state index contributed by atoms with van der Waals surface area (Å²) in [6, 6.07) is 8.72. The van der Waals surface area contributed by atoms with Crippen molar-refractivity contribution in [1.29, 1.82) is 0 Å². The fraction of sp³-hybridized carbons (Fsp3) is 0.600. The average molecular weight is 286 g/mol. The molecule has 0 amide bonds. The van der Waals surface area contributed by atoms with Crippen molar-refractivity contribution in [1.82, 2.24) is 5.32 Å². The first kappa shape index (κ1) is 15.9. The monoisotopic (exact) mass is 285 g/mol. The van der Waals surface area contributed by atoms with Crippen molar-refractivity contribution >= 4 is 23.4 Å². The van der Waals surface area contributed by atoms with Crippen molar-refractivity contribution < 1.29 is 0 Å². The molecule has 0 aromatic heterocycles. The molecule has 102 valence electrons. The van der Waals surface area contributed by atoms with Crippen molar-refractivity contribution in [3.63, 3.8) is 0 Å². The van der Waals surface area contributed by atoms with E-state index >= 15 is 0 Å². The molecule has 18 heavy (non-hydrogen) atoms. The smallest absolute Gasteiger partial charge is 0.0406 e. The molecule has 0 aliphatic rings. The Morgan fingerprint density at radius 3 is 2.39 bits per heavy atom. The number of hydrogen-bond donors (Lipinski definition) is 1. The van der Waals surface area contributed by atoms with Gasteiger partial charge in [0.15, 0.2) is 0 Å². The highest BCUT2D eigenvalue weighted by Crippen LogP contribution is 2.22. The molecular weight excluding hydrogens is 262 g/mol. The van der Waals surface area contributed by atoms with Crippen LogP contribution in [0.1, 0.15) is 33.6 Å². The summed E-state index contributed by atoms with van der Waals surface area (Å²) in [4.78, 5) is 1.30. The van der Waals surface area contributed by atoms with Gasteiger partial charge in [0.1, 0.15) is 0 Å². The van der Waals surface area contributed by atoms with Crippen LogP contribution in [0, 0.1) is 5.92 Å². The zero-order chi connectivity index (χ0) is 13.4. The Balaban J connectivity index is 2.38. The maximum Gasteiger partial charge on any atom is 0.0406 e. The third-order valence-electron chi connectivity index (χ3n) is 2.85. The Kier molecular flexibility index (Phi) is 7.80. The second-order valence-electron chi connectivity index (χ2n) is 4.99. The maximum absolute atomic E-state index is 5.89. The molecule has 1 aromatic carbocycles. The Morgan fingerprint density at radius 1 is 1.17 bits per heavy atom. The van der Waals surface area contributed by atoms with Gasteiger partial charge in [0, 0.05) is 21.7 Å². The molecule has 0 radical (unpaired) electrons.